The van der Waals surface area contributed by atoms with E-state index >= 15 is 0 Å². The maximum absolute atomic E-state index is 14.7. The van der Waals surface area contributed by atoms with Gasteiger partial charge in [-0.05, 0) is 69.6 Å². The van der Waals surface area contributed by atoms with E-state index in [1.54, 1.807) is 52.0 Å². The van der Waals surface area contributed by atoms with Crippen molar-refractivity contribution < 1.29 is 41.8 Å². The molecule has 1 aliphatic heterocycles. The van der Waals surface area contributed by atoms with Gasteiger partial charge in [0.25, 0.3) is 0 Å². The monoisotopic (exact) mass is 759 g/mol. The zero-order chi connectivity index (χ0) is 38.6. The Balaban J connectivity index is 1.50. The summed E-state index contributed by atoms with van der Waals surface area (Å²) in [5, 5.41) is 1.10. The van der Waals surface area contributed by atoms with E-state index in [9.17, 15) is 27.6 Å². The Morgan fingerprint density at radius 1 is 1.13 bits per heavy atom. The molecular formula is C38H50ClN3O9S. The molecule has 0 spiro atoms. The molecule has 1 aromatic heterocycles. The SMILES string of the molecule is C=C[C@@H]1C[C@]1(CC(=O)[C@@H]1[C@H](C)[C@@H](Oc2ncc(OC)c3ccc(Cl)cc23)CN1C(=O)[C@@H](CC(=O)OC(C)(C)C)C(C)(C)C)C(=O)NS(=O)(=O)C1CC1. The summed E-state index contributed by atoms with van der Waals surface area (Å²) in [6, 6.07) is 4.14. The Labute approximate surface area is 311 Å². The highest BCUT2D eigenvalue weighted by Crippen LogP contribution is 2.57. The molecule has 0 bridgehead atoms. The van der Waals surface area contributed by atoms with Crippen LogP contribution in [-0.4, -0.2) is 78.5 Å². The zero-order valence-corrected chi connectivity index (χ0v) is 32.7. The summed E-state index contributed by atoms with van der Waals surface area (Å²) in [5.41, 5.74) is -2.80. The number of fused-ring (bicyclic) bond motifs is 1. The number of carbonyl (C=O) groups excluding carboxylic acids is 4. The predicted octanol–water partition coefficient (Wildman–Crippen LogP) is 5.65. The number of ether oxygens (including phenoxy) is 3. The number of esters is 1. The molecule has 1 N–H and O–H groups in total. The number of halogens is 1. The van der Waals surface area contributed by atoms with Gasteiger partial charge in [0.2, 0.25) is 27.7 Å². The number of rotatable bonds is 13. The molecule has 2 aromatic rings. The molecular weight excluding hydrogens is 710 g/mol. The molecule has 0 unspecified atom stereocenters. The first-order chi connectivity index (χ1) is 24.1. The summed E-state index contributed by atoms with van der Waals surface area (Å²) in [4.78, 5) is 61.9. The van der Waals surface area contributed by atoms with E-state index in [1.165, 1.54) is 18.2 Å². The van der Waals surface area contributed by atoms with Crippen molar-refractivity contribution in [2.24, 2.45) is 28.6 Å². The van der Waals surface area contributed by atoms with Crippen LogP contribution in [0.5, 0.6) is 11.6 Å². The number of aromatic nitrogens is 1. The van der Waals surface area contributed by atoms with Crippen LogP contribution < -0.4 is 14.2 Å². The van der Waals surface area contributed by atoms with Gasteiger partial charge >= 0.3 is 5.97 Å². The number of nitrogens with one attached hydrogen (secondary N) is 1. The van der Waals surface area contributed by atoms with E-state index in [0.29, 0.717) is 34.4 Å². The van der Waals surface area contributed by atoms with Crippen molar-refractivity contribution in [2.45, 2.75) is 104 Å². The van der Waals surface area contributed by atoms with Crippen LogP contribution in [0.15, 0.2) is 37.1 Å². The minimum absolute atomic E-state index is 0.0206. The normalized spacial score (nSPS) is 25.3. The number of hydrogen-bond acceptors (Lipinski definition) is 10. The summed E-state index contributed by atoms with van der Waals surface area (Å²) in [6.07, 6.45) is 3.00. The molecule has 1 saturated heterocycles. The highest BCUT2D eigenvalue weighted by atomic mass is 35.5. The maximum Gasteiger partial charge on any atom is 0.307 e. The van der Waals surface area contributed by atoms with Crippen LogP contribution in [0, 0.1) is 28.6 Å². The van der Waals surface area contributed by atoms with E-state index in [-0.39, 0.29) is 31.7 Å². The molecule has 3 aliphatic rings. The highest BCUT2D eigenvalue weighted by Gasteiger charge is 2.62. The van der Waals surface area contributed by atoms with Crippen molar-refractivity contribution >= 4 is 56.0 Å². The summed E-state index contributed by atoms with van der Waals surface area (Å²) in [5.74, 6) is -3.30. The number of sulfonamides is 1. The van der Waals surface area contributed by atoms with Gasteiger partial charge in [-0.25, -0.2) is 13.4 Å². The molecule has 2 aliphatic carbocycles. The fraction of sp³-hybridized carbons (Fsp3) is 0.605. The van der Waals surface area contributed by atoms with Crippen molar-refractivity contribution in [3.8, 4) is 11.6 Å². The lowest BCUT2D eigenvalue weighted by Gasteiger charge is -2.35. The number of hydrogen-bond donors (Lipinski definition) is 1. The predicted molar refractivity (Wildman–Crippen MR) is 196 cm³/mol. The standard InChI is InChI=1S/C38H50ClN3O9S/c1-10-22-17-38(22,35(46)41-52(47,48)24-12-13-24)18-28(43)32-21(2)30(50-33-26-15-23(39)11-14-25(26)29(49-9)19-40-33)20-42(32)34(45)27(36(3,4)5)16-31(44)51-37(6,7)8/h10-11,14-15,19,21-22,24,27,30,32H,1,12-13,16-18,20H2,2-9H3,(H,41,46)/t21-,22-,27-,30+,32+,38-/m1/s1. The van der Waals surface area contributed by atoms with E-state index in [1.807, 2.05) is 20.8 Å². The van der Waals surface area contributed by atoms with Crippen LogP contribution in [0.1, 0.15) is 80.6 Å². The second kappa shape index (κ2) is 14.3. The second-order valence-electron chi connectivity index (χ2n) is 16.5. The first-order valence-electron chi connectivity index (χ1n) is 17.6. The lowest BCUT2D eigenvalue weighted by Crippen LogP contribution is -2.50. The zero-order valence-electron chi connectivity index (χ0n) is 31.2. The Hall–Kier alpha value is -3.71. The van der Waals surface area contributed by atoms with Crippen molar-refractivity contribution in [1.29, 1.82) is 0 Å². The molecule has 284 valence electrons. The van der Waals surface area contributed by atoms with Crippen LogP contribution in [0.3, 0.4) is 0 Å². The molecule has 12 nitrogen and oxygen atoms in total. The number of carbonyl (C=O) groups is 4. The van der Waals surface area contributed by atoms with Gasteiger partial charge in [0.15, 0.2) is 5.78 Å². The summed E-state index contributed by atoms with van der Waals surface area (Å²) in [7, 11) is -2.35. The number of allylic oxidation sites excluding steroid dienone is 1. The number of methoxy groups -OCH3 is 1. The minimum Gasteiger partial charge on any atom is -0.494 e. The maximum atomic E-state index is 14.7. The molecule has 0 radical (unpaired) electrons. The average Bonchev–Trinajstić information content (AvgIpc) is 3.96. The number of amides is 2. The number of likely N-dealkylation sites (tertiary alicyclic amines) is 1. The van der Waals surface area contributed by atoms with E-state index in [4.69, 9.17) is 25.8 Å². The Bertz CT molecular complexity index is 1880. The van der Waals surface area contributed by atoms with Gasteiger partial charge in [-0.1, -0.05) is 45.4 Å². The third kappa shape index (κ3) is 8.25. The molecule has 2 heterocycles. The van der Waals surface area contributed by atoms with Gasteiger partial charge < -0.3 is 19.1 Å². The van der Waals surface area contributed by atoms with Gasteiger partial charge in [0, 0.05) is 28.1 Å². The third-order valence-electron chi connectivity index (χ3n) is 10.4. The average molecular weight is 760 g/mol. The molecule has 2 amide bonds. The van der Waals surface area contributed by atoms with Gasteiger partial charge in [-0.15, -0.1) is 6.58 Å². The van der Waals surface area contributed by atoms with Crippen LogP contribution in [0.25, 0.3) is 10.8 Å². The second-order valence-corrected chi connectivity index (χ2v) is 18.9. The van der Waals surface area contributed by atoms with Gasteiger partial charge in [-0.3, -0.25) is 23.9 Å². The fourth-order valence-corrected chi connectivity index (χ4v) is 8.73. The molecule has 1 aromatic carbocycles. The molecule has 3 fully saturated rings. The van der Waals surface area contributed by atoms with E-state index in [2.05, 4.69) is 16.3 Å². The third-order valence-corrected chi connectivity index (χ3v) is 12.4. The number of benzene rings is 1. The van der Waals surface area contributed by atoms with Crippen LogP contribution in [-0.2, 0) is 33.9 Å². The summed E-state index contributed by atoms with van der Waals surface area (Å²) < 4.78 is 45.3. The largest absolute Gasteiger partial charge is 0.494 e. The van der Waals surface area contributed by atoms with Gasteiger partial charge in [0.1, 0.15) is 17.5 Å². The first-order valence-corrected chi connectivity index (χ1v) is 19.6. The smallest absolute Gasteiger partial charge is 0.307 e. The summed E-state index contributed by atoms with van der Waals surface area (Å²) in [6.45, 7) is 16.4. The lowest BCUT2D eigenvalue weighted by molar-refractivity contribution is -0.161. The summed E-state index contributed by atoms with van der Waals surface area (Å²) >= 11 is 6.36. The number of nitrogens with zero attached hydrogens (tertiary/aromatic N) is 2. The molecule has 2 saturated carbocycles. The first kappa shape index (κ1) is 39.5. The van der Waals surface area contributed by atoms with Gasteiger partial charge in [0.05, 0.1) is 48.9 Å². The van der Waals surface area contributed by atoms with Crippen molar-refractivity contribution in [3.63, 3.8) is 0 Å². The van der Waals surface area contributed by atoms with Gasteiger partial charge in [-0.2, -0.15) is 0 Å². The molecule has 52 heavy (non-hydrogen) atoms. The fourth-order valence-electron chi connectivity index (χ4n) is 7.17. The van der Waals surface area contributed by atoms with Crippen molar-refractivity contribution in [1.82, 2.24) is 14.6 Å². The Kier molecular flexibility index (Phi) is 10.8. The van der Waals surface area contributed by atoms with Crippen LogP contribution in [0.2, 0.25) is 5.02 Å². The number of ketones is 1. The quantitative estimate of drug-likeness (QED) is 0.200. The molecule has 6 atom stereocenters. The Morgan fingerprint density at radius 2 is 1.81 bits per heavy atom. The van der Waals surface area contributed by atoms with Crippen LogP contribution >= 0.6 is 11.6 Å². The minimum atomic E-state index is -3.87. The van der Waals surface area contributed by atoms with Crippen LogP contribution in [0.4, 0.5) is 0 Å². The molecule has 5 rings (SSSR count). The Morgan fingerprint density at radius 3 is 2.37 bits per heavy atom. The number of pyridine rings is 1. The van der Waals surface area contributed by atoms with Crippen molar-refractivity contribution in [2.75, 3.05) is 13.7 Å². The number of Topliss-reactive ketones (excluding diaryl/α,β-unsaturated/α-hetero) is 1. The molecule has 14 heteroatoms. The lowest BCUT2D eigenvalue weighted by atomic mass is 9.77. The topological polar surface area (TPSA) is 158 Å². The highest BCUT2D eigenvalue weighted by molar-refractivity contribution is 7.90. The van der Waals surface area contributed by atoms with E-state index < -0.39 is 85.2 Å². The van der Waals surface area contributed by atoms with Crippen molar-refractivity contribution in [3.05, 3.63) is 42.1 Å². The van der Waals surface area contributed by atoms with E-state index in [0.717, 1.165) is 0 Å².